The Hall–Kier alpha value is -1.95. The predicted molar refractivity (Wildman–Crippen MR) is 69.5 cm³/mol. The van der Waals surface area contributed by atoms with Crippen LogP contribution in [0.5, 0.6) is 5.75 Å². The van der Waals surface area contributed by atoms with Gasteiger partial charge in [0.05, 0.1) is 18.3 Å². The monoisotopic (exact) mass is 281 g/mol. The van der Waals surface area contributed by atoms with Crippen molar-refractivity contribution in [1.29, 1.82) is 0 Å². The number of nitrogens with two attached hydrogens (primary N) is 1. The number of halogens is 1. The van der Waals surface area contributed by atoms with Gasteiger partial charge in [-0.15, -0.1) is 0 Å². The van der Waals surface area contributed by atoms with Crippen molar-refractivity contribution in [3.8, 4) is 5.75 Å². The van der Waals surface area contributed by atoms with Crippen LogP contribution in [0, 0.1) is 0 Å². The largest absolute Gasteiger partial charge is 0.486 e. The van der Waals surface area contributed by atoms with Crippen molar-refractivity contribution in [1.82, 2.24) is 4.90 Å². The molecule has 6 nitrogen and oxygen atoms in total. The number of primary amides is 1. The minimum atomic E-state index is -0.754. The van der Waals surface area contributed by atoms with Crippen molar-refractivity contribution in [2.45, 2.75) is 19.1 Å². The van der Waals surface area contributed by atoms with Gasteiger partial charge in [0.1, 0.15) is 11.9 Å². The fraction of sp³-hybridized carbons (Fsp3) is 0.333. The number of anilines is 1. The molecule has 0 saturated carbocycles. The molecule has 1 aromatic carbocycles. The summed E-state index contributed by atoms with van der Waals surface area (Å²) in [5.41, 5.74) is 5.78. The summed E-state index contributed by atoms with van der Waals surface area (Å²) in [4.78, 5) is 26.1. The lowest BCUT2D eigenvalue weighted by Crippen LogP contribution is -2.47. The molecule has 2 N–H and O–H groups in total. The molecule has 19 heavy (non-hydrogen) atoms. The van der Waals surface area contributed by atoms with Crippen LogP contribution in [0.25, 0.3) is 0 Å². The summed E-state index contributed by atoms with van der Waals surface area (Å²) in [6.45, 7) is 2.08. The third kappa shape index (κ3) is 1.71. The van der Waals surface area contributed by atoms with Gasteiger partial charge >= 0.3 is 12.1 Å². The highest BCUT2D eigenvalue weighted by atomic mass is 35.5. The van der Waals surface area contributed by atoms with Gasteiger partial charge in [0, 0.05) is 5.02 Å². The molecule has 1 fully saturated rings. The minimum Gasteiger partial charge on any atom is -0.486 e. The minimum absolute atomic E-state index is 0.220. The predicted octanol–water partition coefficient (Wildman–Crippen LogP) is 1.81. The molecule has 2 aliphatic heterocycles. The standard InChI is InChI=1S/C12H12ClN3O3/c1-6-9-5-15(11(14)17)12(18)16(9)8-4-7(13)2-3-10(8)19-6/h2-4,6,9H,5H2,1H3,(H2,14,17). The summed E-state index contributed by atoms with van der Waals surface area (Å²) in [5.74, 6) is 0.577. The van der Waals surface area contributed by atoms with Gasteiger partial charge in [-0.3, -0.25) is 4.90 Å². The number of urea groups is 2. The maximum atomic E-state index is 12.3. The number of carbonyl (C=O) groups is 2. The zero-order valence-corrected chi connectivity index (χ0v) is 10.9. The number of benzene rings is 1. The average molecular weight is 282 g/mol. The van der Waals surface area contributed by atoms with Crippen molar-refractivity contribution < 1.29 is 14.3 Å². The summed E-state index contributed by atoms with van der Waals surface area (Å²) in [7, 11) is 0. The first-order valence-electron chi connectivity index (χ1n) is 5.85. The molecule has 4 amide bonds. The molecule has 2 aliphatic rings. The number of rotatable bonds is 0. The topological polar surface area (TPSA) is 75.9 Å². The molecule has 0 aliphatic carbocycles. The lowest BCUT2D eigenvalue weighted by Gasteiger charge is -2.35. The average Bonchev–Trinajstić information content (AvgIpc) is 2.69. The lowest BCUT2D eigenvalue weighted by molar-refractivity contribution is 0.175. The fourth-order valence-electron chi connectivity index (χ4n) is 2.50. The fourth-order valence-corrected chi connectivity index (χ4v) is 2.67. The van der Waals surface area contributed by atoms with Crippen LogP contribution >= 0.6 is 11.6 Å². The van der Waals surface area contributed by atoms with Crippen molar-refractivity contribution >= 4 is 29.4 Å². The second-order valence-electron chi connectivity index (χ2n) is 4.60. The Kier molecular flexibility index (Phi) is 2.56. The van der Waals surface area contributed by atoms with Crippen LogP contribution in [-0.2, 0) is 0 Å². The molecule has 2 atom stereocenters. The molecular formula is C12H12ClN3O3. The molecule has 0 bridgehead atoms. The van der Waals surface area contributed by atoms with Gasteiger partial charge in [-0.05, 0) is 25.1 Å². The van der Waals surface area contributed by atoms with Gasteiger partial charge in [0.2, 0.25) is 0 Å². The molecule has 3 rings (SSSR count). The third-order valence-electron chi connectivity index (χ3n) is 3.44. The third-order valence-corrected chi connectivity index (χ3v) is 3.67. The van der Waals surface area contributed by atoms with Crippen LogP contribution in [0.4, 0.5) is 15.3 Å². The first-order valence-corrected chi connectivity index (χ1v) is 6.23. The number of fused-ring (bicyclic) bond motifs is 3. The summed E-state index contributed by atoms with van der Waals surface area (Å²) in [6.07, 6.45) is -0.220. The smallest absolute Gasteiger partial charge is 0.333 e. The number of imide groups is 1. The van der Waals surface area contributed by atoms with Crippen LogP contribution in [0.3, 0.4) is 0 Å². The molecule has 0 radical (unpaired) electrons. The van der Waals surface area contributed by atoms with Crippen LogP contribution in [0.1, 0.15) is 6.92 Å². The molecule has 2 unspecified atom stereocenters. The number of hydrogen-bond donors (Lipinski definition) is 1. The van der Waals surface area contributed by atoms with E-state index in [-0.39, 0.29) is 18.7 Å². The molecule has 0 spiro atoms. The van der Waals surface area contributed by atoms with Gasteiger partial charge in [-0.25, -0.2) is 14.5 Å². The van der Waals surface area contributed by atoms with Gasteiger partial charge in [0.15, 0.2) is 0 Å². The molecule has 100 valence electrons. The van der Waals surface area contributed by atoms with Crippen molar-refractivity contribution in [3.63, 3.8) is 0 Å². The molecule has 0 aromatic heterocycles. The van der Waals surface area contributed by atoms with E-state index >= 15 is 0 Å². The van der Waals surface area contributed by atoms with E-state index in [0.717, 1.165) is 4.90 Å². The van der Waals surface area contributed by atoms with Gasteiger partial charge in [-0.2, -0.15) is 0 Å². The number of ether oxygens (including phenoxy) is 1. The molecule has 2 heterocycles. The maximum Gasteiger partial charge on any atom is 0.333 e. The molecule has 1 aromatic rings. The van der Waals surface area contributed by atoms with Crippen LogP contribution in [-0.4, -0.2) is 35.7 Å². The SMILES string of the molecule is CC1Oc2ccc(Cl)cc2N2C(=O)N(C(N)=O)CC12. The second kappa shape index (κ2) is 4.03. The molecule has 1 saturated heterocycles. The van der Waals surface area contributed by atoms with Crippen LogP contribution < -0.4 is 15.4 Å². The molecule has 7 heteroatoms. The Balaban J connectivity index is 2.09. The van der Waals surface area contributed by atoms with E-state index in [2.05, 4.69) is 0 Å². The Morgan fingerprint density at radius 3 is 2.95 bits per heavy atom. The van der Waals surface area contributed by atoms with Gasteiger partial charge < -0.3 is 10.5 Å². The Labute approximate surface area is 114 Å². The van der Waals surface area contributed by atoms with Gasteiger partial charge in [0.25, 0.3) is 0 Å². The summed E-state index contributed by atoms with van der Waals surface area (Å²) >= 11 is 5.95. The maximum absolute atomic E-state index is 12.3. The summed E-state index contributed by atoms with van der Waals surface area (Å²) in [5, 5.41) is 0.501. The van der Waals surface area contributed by atoms with E-state index in [4.69, 9.17) is 22.1 Å². The van der Waals surface area contributed by atoms with E-state index in [1.807, 2.05) is 6.92 Å². The van der Waals surface area contributed by atoms with Crippen molar-refractivity contribution in [3.05, 3.63) is 23.2 Å². The Morgan fingerprint density at radius 2 is 2.26 bits per heavy atom. The number of hydrogen-bond acceptors (Lipinski definition) is 3. The number of nitrogens with zero attached hydrogens (tertiary/aromatic N) is 2. The Bertz CT molecular complexity index is 577. The summed E-state index contributed by atoms with van der Waals surface area (Å²) < 4.78 is 5.75. The lowest BCUT2D eigenvalue weighted by atomic mass is 10.1. The Morgan fingerprint density at radius 1 is 1.53 bits per heavy atom. The van der Waals surface area contributed by atoms with E-state index < -0.39 is 12.1 Å². The zero-order chi connectivity index (χ0) is 13.7. The number of amides is 4. The van der Waals surface area contributed by atoms with Crippen molar-refractivity contribution in [2.24, 2.45) is 5.73 Å². The zero-order valence-electron chi connectivity index (χ0n) is 10.2. The van der Waals surface area contributed by atoms with Crippen LogP contribution in [0.2, 0.25) is 5.02 Å². The highest BCUT2D eigenvalue weighted by Crippen LogP contribution is 2.41. The van der Waals surface area contributed by atoms with E-state index in [1.165, 1.54) is 4.90 Å². The second-order valence-corrected chi connectivity index (χ2v) is 5.04. The quantitative estimate of drug-likeness (QED) is 0.788. The first-order chi connectivity index (χ1) is 8.99. The van der Waals surface area contributed by atoms with Gasteiger partial charge in [-0.1, -0.05) is 11.6 Å². The number of carbonyl (C=O) groups excluding carboxylic acids is 2. The van der Waals surface area contributed by atoms with E-state index in [1.54, 1.807) is 18.2 Å². The first kappa shape index (κ1) is 12.1. The highest BCUT2D eigenvalue weighted by Gasteiger charge is 2.47. The highest BCUT2D eigenvalue weighted by molar-refractivity contribution is 6.31. The van der Waals surface area contributed by atoms with Crippen LogP contribution in [0.15, 0.2) is 18.2 Å². The van der Waals surface area contributed by atoms with E-state index in [0.29, 0.717) is 16.5 Å². The summed E-state index contributed by atoms with van der Waals surface area (Å²) in [6, 6.07) is 3.63. The van der Waals surface area contributed by atoms with E-state index in [9.17, 15) is 9.59 Å². The van der Waals surface area contributed by atoms with Crippen molar-refractivity contribution in [2.75, 3.05) is 11.4 Å². The molecular weight excluding hydrogens is 270 g/mol. The normalized spacial score (nSPS) is 24.8.